The van der Waals surface area contributed by atoms with Crippen molar-refractivity contribution in [2.45, 2.75) is 19.9 Å². The van der Waals surface area contributed by atoms with Crippen LogP contribution < -0.4 is 11.1 Å². The van der Waals surface area contributed by atoms with Crippen LogP contribution in [0.1, 0.15) is 24.2 Å². The van der Waals surface area contributed by atoms with Crippen molar-refractivity contribution in [3.05, 3.63) is 28.5 Å². The predicted octanol–water partition coefficient (Wildman–Crippen LogP) is 2.00. The van der Waals surface area contributed by atoms with E-state index in [0.29, 0.717) is 24.3 Å². The SMILES string of the molecule is CC1(C)CN(C(=O)O)CC1Nc1c(C(N)=O)cnn2cc(Br)cc12. The molecule has 3 rings (SSSR count). The first-order chi connectivity index (χ1) is 11.2. The lowest BCUT2D eigenvalue weighted by Crippen LogP contribution is -2.35. The second-order valence-electron chi connectivity index (χ2n) is 6.63. The number of fused-ring (bicyclic) bond motifs is 1. The molecule has 0 saturated carbocycles. The van der Waals surface area contributed by atoms with Crippen LogP contribution in [0.4, 0.5) is 10.5 Å². The molecule has 3 heterocycles. The van der Waals surface area contributed by atoms with Crippen molar-refractivity contribution in [1.82, 2.24) is 14.5 Å². The summed E-state index contributed by atoms with van der Waals surface area (Å²) in [6, 6.07) is 1.67. The lowest BCUT2D eigenvalue weighted by Gasteiger charge is -2.27. The molecule has 1 unspecified atom stereocenters. The van der Waals surface area contributed by atoms with Gasteiger partial charge in [-0.1, -0.05) is 13.8 Å². The fraction of sp³-hybridized carbons (Fsp3) is 0.400. The minimum atomic E-state index is -0.951. The zero-order valence-electron chi connectivity index (χ0n) is 13.3. The molecule has 2 aromatic rings. The third-order valence-corrected chi connectivity index (χ3v) is 4.84. The first-order valence-electron chi connectivity index (χ1n) is 7.40. The molecule has 24 heavy (non-hydrogen) atoms. The summed E-state index contributed by atoms with van der Waals surface area (Å²) >= 11 is 3.39. The number of hydrogen-bond donors (Lipinski definition) is 3. The highest BCUT2D eigenvalue weighted by molar-refractivity contribution is 9.10. The van der Waals surface area contributed by atoms with Crippen molar-refractivity contribution >= 4 is 39.1 Å². The van der Waals surface area contributed by atoms with Gasteiger partial charge >= 0.3 is 6.09 Å². The van der Waals surface area contributed by atoms with Gasteiger partial charge in [-0.25, -0.2) is 9.31 Å². The van der Waals surface area contributed by atoms with Gasteiger partial charge in [0.2, 0.25) is 0 Å². The number of nitrogens with zero attached hydrogens (tertiary/aromatic N) is 3. The molecule has 1 atom stereocenters. The summed E-state index contributed by atoms with van der Waals surface area (Å²) < 4.78 is 2.45. The van der Waals surface area contributed by atoms with Crippen LogP contribution in [-0.2, 0) is 0 Å². The number of likely N-dealkylation sites (tertiary alicyclic amines) is 1. The van der Waals surface area contributed by atoms with E-state index >= 15 is 0 Å². The van der Waals surface area contributed by atoms with Crippen molar-refractivity contribution in [3.8, 4) is 0 Å². The van der Waals surface area contributed by atoms with E-state index in [9.17, 15) is 14.7 Å². The highest BCUT2D eigenvalue weighted by Gasteiger charge is 2.42. The van der Waals surface area contributed by atoms with Gasteiger partial charge in [0.25, 0.3) is 5.91 Å². The lowest BCUT2D eigenvalue weighted by atomic mass is 9.87. The number of carboxylic acid groups (broad SMARTS) is 1. The summed E-state index contributed by atoms with van der Waals surface area (Å²) in [6.07, 6.45) is 2.24. The first-order valence-corrected chi connectivity index (χ1v) is 8.19. The van der Waals surface area contributed by atoms with Gasteiger partial charge < -0.3 is 21.1 Å². The number of amides is 2. The van der Waals surface area contributed by atoms with E-state index in [-0.39, 0.29) is 17.0 Å². The molecule has 0 aromatic carbocycles. The second kappa shape index (κ2) is 5.66. The van der Waals surface area contributed by atoms with Crippen molar-refractivity contribution < 1.29 is 14.7 Å². The molecule has 4 N–H and O–H groups in total. The van der Waals surface area contributed by atoms with Crippen molar-refractivity contribution in [1.29, 1.82) is 0 Å². The fourth-order valence-corrected chi connectivity index (χ4v) is 3.47. The number of aromatic nitrogens is 2. The standard InChI is InChI=1S/C15H18BrN5O3/c1-15(2)7-20(14(23)24)6-11(15)19-12-9(13(17)22)4-18-21-5-8(16)3-10(12)21/h3-5,11,19H,6-7H2,1-2H3,(H2,17,22)(H,23,24). The van der Waals surface area contributed by atoms with Gasteiger partial charge in [0.1, 0.15) is 0 Å². The van der Waals surface area contributed by atoms with Crippen LogP contribution in [0.2, 0.25) is 0 Å². The number of carbonyl (C=O) groups is 2. The van der Waals surface area contributed by atoms with E-state index in [4.69, 9.17) is 5.73 Å². The normalized spacial score (nSPS) is 19.6. The van der Waals surface area contributed by atoms with E-state index in [2.05, 4.69) is 26.3 Å². The van der Waals surface area contributed by atoms with E-state index in [1.807, 2.05) is 19.9 Å². The molecule has 0 aliphatic carbocycles. The van der Waals surface area contributed by atoms with Crippen LogP contribution in [0.15, 0.2) is 22.9 Å². The zero-order valence-corrected chi connectivity index (χ0v) is 14.9. The molecule has 0 radical (unpaired) electrons. The number of anilines is 1. The second-order valence-corrected chi connectivity index (χ2v) is 7.55. The molecule has 128 valence electrons. The lowest BCUT2D eigenvalue weighted by molar-refractivity contribution is 0.100. The van der Waals surface area contributed by atoms with Crippen LogP contribution in [0.3, 0.4) is 0 Å². The molecule has 1 aliphatic rings. The van der Waals surface area contributed by atoms with Crippen LogP contribution in [0, 0.1) is 5.41 Å². The molecular formula is C15H18BrN5O3. The number of primary amides is 1. The van der Waals surface area contributed by atoms with E-state index in [1.165, 1.54) is 11.1 Å². The first kappa shape index (κ1) is 16.6. The average molecular weight is 396 g/mol. The van der Waals surface area contributed by atoms with Gasteiger partial charge in [0.05, 0.1) is 29.0 Å². The van der Waals surface area contributed by atoms with Crippen LogP contribution in [0.5, 0.6) is 0 Å². The summed E-state index contributed by atoms with van der Waals surface area (Å²) in [7, 11) is 0. The third kappa shape index (κ3) is 2.79. The molecule has 1 saturated heterocycles. The molecule has 9 heteroatoms. The van der Waals surface area contributed by atoms with Crippen molar-refractivity contribution in [2.75, 3.05) is 18.4 Å². The molecule has 1 aliphatic heterocycles. The highest BCUT2D eigenvalue weighted by atomic mass is 79.9. The summed E-state index contributed by atoms with van der Waals surface area (Å²) in [5, 5.41) is 16.8. The number of nitrogens with one attached hydrogen (secondary N) is 1. The maximum atomic E-state index is 11.8. The summed E-state index contributed by atoms with van der Waals surface area (Å²) in [6.45, 7) is 4.73. The Hall–Kier alpha value is -2.29. The van der Waals surface area contributed by atoms with Crippen LogP contribution in [-0.4, -0.2) is 50.8 Å². The fourth-order valence-electron chi connectivity index (χ4n) is 3.06. The predicted molar refractivity (Wildman–Crippen MR) is 92.2 cm³/mol. The Morgan fingerprint density at radius 2 is 2.21 bits per heavy atom. The Kier molecular flexibility index (Phi) is 3.90. The largest absolute Gasteiger partial charge is 0.465 e. The monoisotopic (exact) mass is 395 g/mol. The molecule has 8 nitrogen and oxygen atoms in total. The van der Waals surface area contributed by atoms with Crippen molar-refractivity contribution in [2.24, 2.45) is 11.1 Å². The van der Waals surface area contributed by atoms with E-state index in [1.54, 1.807) is 10.7 Å². The van der Waals surface area contributed by atoms with E-state index < -0.39 is 12.0 Å². The molecule has 2 aromatic heterocycles. The van der Waals surface area contributed by atoms with Gasteiger partial charge in [-0.3, -0.25) is 4.79 Å². The average Bonchev–Trinajstić information content (AvgIpc) is 2.98. The zero-order chi connectivity index (χ0) is 17.6. The maximum absolute atomic E-state index is 11.8. The Labute approximate surface area is 146 Å². The molecular weight excluding hydrogens is 378 g/mol. The van der Waals surface area contributed by atoms with E-state index in [0.717, 1.165) is 4.47 Å². The number of rotatable bonds is 3. The van der Waals surface area contributed by atoms with Gasteiger partial charge in [0.15, 0.2) is 0 Å². The molecule has 0 bridgehead atoms. The Morgan fingerprint density at radius 1 is 1.50 bits per heavy atom. The van der Waals surface area contributed by atoms with Crippen molar-refractivity contribution in [3.63, 3.8) is 0 Å². The highest BCUT2D eigenvalue weighted by Crippen LogP contribution is 2.34. The summed E-state index contributed by atoms with van der Waals surface area (Å²) in [4.78, 5) is 24.4. The summed E-state index contributed by atoms with van der Waals surface area (Å²) in [5.74, 6) is -0.587. The number of hydrogen-bond acceptors (Lipinski definition) is 4. The third-order valence-electron chi connectivity index (χ3n) is 4.40. The Bertz CT molecular complexity index is 832. The number of nitrogens with two attached hydrogens (primary N) is 1. The topological polar surface area (TPSA) is 113 Å². The molecule has 2 amide bonds. The summed E-state index contributed by atoms with van der Waals surface area (Å²) in [5.41, 5.74) is 6.73. The van der Waals surface area contributed by atoms with Crippen LogP contribution in [0.25, 0.3) is 5.52 Å². The van der Waals surface area contributed by atoms with Crippen LogP contribution >= 0.6 is 15.9 Å². The molecule has 0 spiro atoms. The van der Waals surface area contributed by atoms with Gasteiger partial charge in [-0.15, -0.1) is 0 Å². The number of halogens is 1. The van der Waals surface area contributed by atoms with Gasteiger partial charge in [-0.05, 0) is 22.0 Å². The quantitative estimate of drug-likeness (QED) is 0.735. The molecule has 1 fully saturated rings. The Morgan fingerprint density at radius 3 is 2.79 bits per heavy atom. The Balaban J connectivity index is 2.04. The maximum Gasteiger partial charge on any atom is 0.407 e. The van der Waals surface area contributed by atoms with Gasteiger partial charge in [0, 0.05) is 29.2 Å². The smallest absolute Gasteiger partial charge is 0.407 e. The minimum Gasteiger partial charge on any atom is -0.465 e. The minimum absolute atomic E-state index is 0.161. The van der Waals surface area contributed by atoms with Gasteiger partial charge in [-0.2, -0.15) is 5.10 Å². The number of carbonyl (C=O) groups excluding carboxylic acids is 1.